The molecule has 188 valence electrons. The minimum Gasteiger partial charge on any atom is -0.399 e. The number of nitrogens with two attached hydrogens (primary N) is 2. The Labute approximate surface area is 230 Å². The molecule has 39 heavy (non-hydrogen) atoms. The van der Waals surface area contributed by atoms with Crippen LogP contribution in [0.5, 0.6) is 0 Å². The molecule has 1 aliphatic rings. The van der Waals surface area contributed by atoms with Crippen LogP contribution in [0.4, 0.5) is 11.4 Å². The molecule has 0 amide bonds. The fourth-order valence-corrected chi connectivity index (χ4v) is 5.42. The summed E-state index contributed by atoms with van der Waals surface area (Å²) in [6.45, 7) is 0. The van der Waals surface area contributed by atoms with Gasteiger partial charge in [0.25, 0.3) is 0 Å². The Kier molecular flexibility index (Phi) is 6.67. The predicted octanol–water partition coefficient (Wildman–Crippen LogP) is 9.11. The molecule has 6 aromatic rings. The van der Waals surface area contributed by atoms with Crippen molar-refractivity contribution in [3.05, 3.63) is 157 Å². The van der Waals surface area contributed by atoms with Gasteiger partial charge in [0.1, 0.15) is 0 Å². The lowest BCUT2D eigenvalue weighted by molar-refractivity contribution is 1.26. The van der Waals surface area contributed by atoms with Crippen LogP contribution in [0.2, 0.25) is 0 Å². The SMILES string of the molecule is Nc1ccc(-c2ccc(N)c(-c3ccccc3)c2-c2ccccc2)cc1.c1ccc2c(c1)Cc1ccccc1-2. The molecule has 2 nitrogen and oxygen atoms in total. The van der Waals surface area contributed by atoms with Gasteiger partial charge in [-0.2, -0.15) is 0 Å². The van der Waals surface area contributed by atoms with E-state index in [-0.39, 0.29) is 0 Å². The Morgan fingerprint density at radius 1 is 0.359 bits per heavy atom. The quantitative estimate of drug-likeness (QED) is 0.237. The van der Waals surface area contributed by atoms with Crippen LogP contribution >= 0.6 is 0 Å². The largest absolute Gasteiger partial charge is 0.399 e. The highest BCUT2D eigenvalue weighted by Gasteiger charge is 2.17. The van der Waals surface area contributed by atoms with Gasteiger partial charge < -0.3 is 11.5 Å². The van der Waals surface area contributed by atoms with Gasteiger partial charge in [0.2, 0.25) is 0 Å². The molecule has 0 fully saturated rings. The van der Waals surface area contributed by atoms with Gasteiger partial charge in [-0.05, 0) is 74.7 Å². The van der Waals surface area contributed by atoms with Crippen LogP contribution in [0.25, 0.3) is 44.5 Å². The van der Waals surface area contributed by atoms with Crippen LogP contribution in [-0.2, 0) is 6.42 Å². The van der Waals surface area contributed by atoms with Crippen LogP contribution in [0, 0.1) is 0 Å². The first kappa shape index (κ1) is 24.3. The molecule has 0 atom stereocenters. The fraction of sp³-hybridized carbons (Fsp3) is 0.0270. The number of rotatable bonds is 3. The van der Waals surface area contributed by atoms with E-state index in [1.54, 1.807) is 0 Å². The van der Waals surface area contributed by atoms with Gasteiger partial charge in [-0.3, -0.25) is 0 Å². The first-order valence-electron chi connectivity index (χ1n) is 13.2. The normalized spacial score (nSPS) is 11.2. The standard InChI is InChI=1S/C24H20N2.C13H10/c25-20-13-11-17(12-14-20)21-15-16-22(26)24(19-9-5-2-6-10-19)23(21)18-7-3-1-4-8-18;1-3-7-12-10(5-1)9-11-6-2-4-8-13(11)12/h1-16H,25-26H2;1-8H,9H2. The van der Waals surface area contributed by atoms with Gasteiger partial charge in [0, 0.05) is 16.9 Å². The summed E-state index contributed by atoms with van der Waals surface area (Å²) in [4.78, 5) is 0. The van der Waals surface area contributed by atoms with Crippen LogP contribution in [-0.4, -0.2) is 0 Å². The lowest BCUT2D eigenvalue weighted by Crippen LogP contribution is -1.96. The van der Waals surface area contributed by atoms with E-state index in [0.29, 0.717) is 0 Å². The third-order valence-corrected chi connectivity index (χ3v) is 7.29. The zero-order valence-electron chi connectivity index (χ0n) is 21.7. The molecule has 4 N–H and O–H groups in total. The second kappa shape index (κ2) is 10.7. The highest BCUT2D eigenvalue weighted by atomic mass is 14.6. The van der Waals surface area contributed by atoms with Gasteiger partial charge in [-0.25, -0.2) is 0 Å². The predicted molar refractivity (Wildman–Crippen MR) is 166 cm³/mol. The van der Waals surface area contributed by atoms with Crippen molar-refractivity contribution in [2.24, 2.45) is 0 Å². The van der Waals surface area contributed by atoms with Crippen LogP contribution < -0.4 is 11.5 Å². The van der Waals surface area contributed by atoms with E-state index in [1.807, 2.05) is 42.5 Å². The van der Waals surface area contributed by atoms with Crippen molar-refractivity contribution in [1.82, 2.24) is 0 Å². The molecular weight excluding hydrogens is 472 g/mol. The summed E-state index contributed by atoms with van der Waals surface area (Å²) in [5.74, 6) is 0. The Bertz CT molecular complexity index is 1680. The summed E-state index contributed by atoms with van der Waals surface area (Å²) in [6.07, 6.45) is 1.10. The van der Waals surface area contributed by atoms with E-state index >= 15 is 0 Å². The van der Waals surface area contributed by atoms with Crippen LogP contribution in [0.15, 0.2) is 146 Å². The van der Waals surface area contributed by atoms with Crippen molar-refractivity contribution in [3.63, 3.8) is 0 Å². The lowest BCUT2D eigenvalue weighted by Gasteiger charge is -2.18. The van der Waals surface area contributed by atoms with Gasteiger partial charge in [-0.15, -0.1) is 0 Å². The van der Waals surface area contributed by atoms with Gasteiger partial charge in [0.05, 0.1) is 0 Å². The molecule has 0 bridgehead atoms. The molecule has 0 saturated heterocycles. The molecule has 6 aromatic carbocycles. The molecule has 1 aliphatic carbocycles. The Balaban J connectivity index is 0.000000176. The van der Waals surface area contributed by atoms with Crippen molar-refractivity contribution < 1.29 is 0 Å². The van der Waals surface area contributed by atoms with E-state index < -0.39 is 0 Å². The Hall–Kier alpha value is -5.08. The molecule has 2 heteroatoms. The van der Waals surface area contributed by atoms with E-state index in [1.165, 1.54) is 22.3 Å². The number of anilines is 2. The highest BCUT2D eigenvalue weighted by molar-refractivity contribution is 5.99. The Morgan fingerprint density at radius 3 is 1.41 bits per heavy atom. The number of nitrogen functional groups attached to an aromatic ring is 2. The average molecular weight is 503 g/mol. The van der Waals surface area contributed by atoms with Crippen molar-refractivity contribution >= 4 is 11.4 Å². The molecule has 0 heterocycles. The van der Waals surface area contributed by atoms with Crippen molar-refractivity contribution in [2.75, 3.05) is 11.5 Å². The first-order valence-corrected chi connectivity index (χ1v) is 13.2. The van der Waals surface area contributed by atoms with Gasteiger partial charge >= 0.3 is 0 Å². The van der Waals surface area contributed by atoms with Crippen molar-refractivity contribution in [1.29, 1.82) is 0 Å². The molecule has 0 saturated carbocycles. The first-order chi connectivity index (χ1) is 19.2. The summed E-state index contributed by atoms with van der Waals surface area (Å²) in [5, 5.41) is 0. The molecule has 0 radical (unpaired) electrons. The average Bonchev–Trinajstić information content (AvgIpc) is 3.38. The van der Waals surface area contributed by atoms with E-state index in [9.17, 15) is 0 Å². The summed E-state index contributed by atoms with van der Waals surface area (Å²) in [6, 6.07) is 50.1. The second-order valence-corrected chi connectivity index (χ2v) is 9.80. The summed E-state index contributed by atoms with van der Waals surface area (Å²) in [5.41, 5.74) is 26.3. The maximum absolute atomic E-state index is 6.44. The zero-order valence-corrected chi connectivity index (χ0v) is 21.7. The summed E-state index contributed by atoms with van der Waals surface area (Å²) < 4.78 is 0. The Morgan fingerprint density at radius 2 is 0.846 bits per heavy atom. The molecular formula is C37H30N2. The summed E-state index contributed by atoms with van der Waals surface area (Å²) >= 11 is 0. The monoisotopic (exact) mass is 502 g/mol. The maximum atomic E-state index is 6.44. The number of benzene rings is 6. The van der Waals surface area contributed by atoms with Crippen LogP contribution in [0.1, 0.15) is 11.1 Å². The smallest absolute Gasteiger partial charge is 0.0400 e. The second-order valence-electron chi connectivity index (χ2n) is 9.80. The van der Waals surface area contributed by atoms with E-state index in [0.717, 1.165) is 51.2 Å². The molecule has 0 spiro atoms. The minimum absolute atomic E-state index is 0.758. The lowest BCUT2D eigenvalue weighted by atomic mass is 9.86. The van der Waals surface area contributed by atoms with E-state index in [2.05, 4.69) is 103 Å². The zero-order chi connectivity index (χ0) is 26.6. The van der Waals surface area contributed by atoms with Gasteiger partial charge in [0.15, 0.2) is 0 Å². The number of hydrogen-bond donors (Lipinski definition) is 2. The minimum atomic E-state index is 0.758. The molecule has 0 aliphatic heterocycles. The number of fused-ring (bicyclic) bond motifs is 3. The van der Waals surface area contributed by atoms with E-state index in [4.69, 9.17) is 11.5 Å². The maximum Gasteiger partial charge on any atom is 0.0400 e. The topological polar surface area (TPSA) is 52.0 Å². The van der Waals surface area contributed by atoms with Crippen LogP contribution in [0.3, 0.4) is 0 Å². The third-order valence-electron chi connectivity index (χ3n) is 7.29. The summed E-state index contributed by atoms with van der Waals surface area (Å²) in [7, 11) is 0. The highest BCUT2D eigenvalue weighted by Crippen LogP contribution is 2.43. The van der Waals surface area contributed by atoms with Crippen molar-refractivity contribution in [3.8, 4) is 44.5 Å². The van der Waals surface area contributed by atoms with Gasteiger partial charge in [-0.1, -0.05) is 127 Å². The van der Waals surface area contributed by atoms with Crippen molar-refractivity contribution in [2.45, 2.75) is 6.42 Å². The fourth-order valence-electron chi connectivity index (χ4n) is 5.42. The molecule has 0 aromatic heterocycles. The molecule has 0 unspecified atom stereocenters. The number of hydrogen-bond acceptors (Lipinski definition) is 2. The molecule has 7 rings (SSSR count). The third kappa shape index (κ3) is 4.93.